The molecule has 10 atom stereocenters. The molecule has 0 spiro atoms. The predicted octanol–water partition coefficient (Wildman–Crippen LogP) is 1.20. The Kier molecular flexibility index (Phi) is 2.28. The van der Waals surface area contributed by atoms with Crippen molar-refractivity contribution in [3.05, 3.63) is 0 Å². The Morgan fingerprint density at radius 3 is 2.71 bits per heavy atom. The van der Waals surface area contributed by atoms with Gasteiger partial charge in [-0.25, -0.2) is 0 Å². The van der Waals surface area contributed by atoms with Gasteiger partial charge >= 0.3 is 0 Å². The van der Waals surface area contributed by atoms with Gasteiger partial charge < -0.3 is 16.2 Å². The molecule has 0 saturated heterocycles. The molecule has 0 radical (unpaired) electrons. The summed E-state index contributed by atoms with van der Waals surface area (Å²) in [6, 6.07) is 0.348. The highest BCUT2D eigenvalue weighted by molar-refractivity contribution is 5.78. The van der Waals surface area contributed by atoms with Gasteiger partial charge in [0.15, 0.2) is 5.96 Å². The van der Waals surface area contributed by atoms with E-state index in [0.29, 0.717) is 30.4 Å². The van der Waals surface area contributed by atoms with Crippen LogP contribution in [0.5, 0.6) is 0 Å². The third-order valence-corrected chi connectivity index (χ3v) is 8.03. The van der Waals surface area contributed by atoms with E-state index in [1.807, 2.05) is 0 Å². The van der Waals surface area contributed by atoms with E-state index in [0.717, 1.165) is 41.9 Å². The molecular formula is C17H27N3O. The molecular weight excluding hydrogens is 262 g/mol. The summed E-state index contributed by atoms with van der Waals surface area (Å²) in [4.78, 5) is 4.54. The molecule has 0 amide bonds. The van der Waals surface area contributed by atoms with Crippen molar-refractivity contribution in [3.8, 4) is 0 Å². The van der Waals surface area contributed by atoms with E-state index in [2.05, 4.69) is 24.2 Å². The summed E-state index contributed by atoms with van der Waals surface area (Å²) in [6.07, 6.45) is 3.85. The van der Waals surface area contributed by atoms with Crippen LogP contribution in [0.1, 0.15) is 33.1 Å². The first-order valence-corrected chi connectivity index (χ1v) is 8.85. The summed E-state index contributed by atoms with van der Waals surface area (Å²) >= 11 is 0. The van der Waals surface area contributed by atoms with Gasteiger partial charge in [0.1, 0.15) is 0 Å². The molecule has 0 heterocycles. The van der Waals surface area contributed by atoms with Gasteiger partial charge in [0.2, 0.25) is 0 Å². The van der Waals surface area contributed by atoms with Crippen LogP contribution in [-0.4, -0.2) is 29.3 Å². The van der Waals surface area contributed by atoms with Crippen LogP contribution in [0, 0.1) is 47.3 Å². The molecule has 0 aromatic heterocycles. The van der Waals surface area contributed by atoms with Crippen molar-refractivity contribution < 1.29 is 5.11 Å². The van der Waals surface area contributed by atoms with Crippen LogP contribution < -0.4 is 11.1 Å². The van der Waals surface area contributed by atoms with Gasteiger partial charge in [-0.1, -0.05) is 6.92 Å². The van der Waals surface area contributed by atoms with Crippen LogP contribution in [0.15, 0.2) is 4.99 Å². The van der Waals surface area contributed by atoms with Crippen molar-refractivity contribution in [2.45, 2.75) is 44.8 Å². The van der Waals surface area contributed by atoms with Gasteiger partial charge in [-0.3, -0.25) is 4.99 Å². The maximum atomic E-state index is 11.4. The van der Waals surface area contributed by atoms with Crippen LogP contribution in [0.25, 0.3) is 0 Å². The normalized spacial score (nSPS) is 59.7. The Morgan fingerprint density at radius 2 is 1.95 bits per heavy atom. The number of fused-ring (bicyclic) bond motifs is 2. The number of nitrogens with two attached hydrogens (primary N) is 1. The molecule has 5 aliphatic carbocycles. The lowest BCUT2D eigenvalue weighted by atomic mass is 9.56. The summed E-state index contributed by atoms with van der Waals surface area (Å²) in [7, 11) is 0. The minimum Gasteiger partial charge on any atom is -0.387 e. The van der Waals surface area contributed by atoms with E-state index in [4.69, 9.17) is 5.73 Å². The summed E-state index contributed by atoms with van der Waals surface area (Å²) in [5, 5.41) is 14.6. The van der Waals surface area contributed by atoms with E-state index < -0.39 is 5.60 Å². The van der Waals surface area contributed by atoms with Crippen molar-refractivity contribution in [1.82, 2.24) is 5.32 Å². The van der Waals surface area contributed by atoms with Crippen molar-refractivity contribution in [1.29, 1.82) is 0 Å². The molecule has 0 aliphatic heterocycles. The molecule has 5 saturated carbocycles. The smallest absolute Gasteiger partial charge is 0.188 e. The average molecular weight is 289 g/mol. The first-order chi connectivity index (χ1) is 10.1. The number of guanidine groups is 1. The van der Waals surface area contributed by atoms with Crippen LogP contribution in [0.2, 0.25) is 0 Å². The molecule has 0 aromatic rings. The highest BCUT2D eigenvalue weighted by atomic mass is 16.3. The third-order valence-electron chi connectivity index (χ3n) is 8.03. The Labute approximate surface area is 126 Å². The molecule has 2 bridgehead atoms. The minimum atomic E-state index is -0.535. The van der Waals surface area contributed by atoms with Gasteiger partial charge in [0.05, 0.1) is 12.1 Å². The van der Waals surface area contributed by atoms with E-state index in [1.54, 1.807) is 0 Å². The zero-order chi connectivity index (χ0) is 14.5. The SMILES string of the molecule is CCC(C)NC(N)=NCC1(O)C2C3CC4C5C3CC2C5C41. The predicted molar refractivity (Wildman–Crippen MR) is 81.5 cm³/mol. The van der Waals surface area contributed by atoms with Gasteiger partial charge in [0, 0.05) is 6.04 Å². The monoisotopic (exact) mass is 289 g/mol. The molecule has 21 heavy (non-hydrogen) atoms. The second-order valence-corrected chi connectivity index (χ2v) is 8.48. The largest absolute Gasteiger partial charge is 0.387 e. The minimum absolute atomic E-state index is 0.348. The maximum Gasteiger partial charge on any atom is 0.188 e. The second kappa shape index (κ2) is 3.76. The van der Waals surface area contributed by atoms with Crippen molar-refractivity contribution in [2.24, 2.45) is 58.1 Å². The fourth-order valence-electron chi connectivity index (χ4n) is 7.55. The fraction of sp³-hybridized carbons (Fsp3) is 0.941. The van der Waals surface area contributed by atoms with Gasteiger partial charge in [-0.2, -0.15) is 0 Å². The molecule has 116 valence electrons. The molecule has 5 aliphatic rings. The Bertz CT molecular complexity index is 514. The first-order valence-electron chi connectivity index (χ1n) is 8.85. The zero-order valence-corrected chi connectivity index (χ0v) is 13.0. The van der Waals surface area contributed by atoms with E-state index in [1.165, 1.54) is 12.8 Å². The topological polar surface area (TPSA) is 70.6 Å². The van der Waals surface area contributed by atoms with Crippen molar-refractivity contribution in [3.63, 3.8) is 0 Å². The quantitative estimate of drug-likeness (QED) is 0.538. The molecule has 10 unspecified atom stereocenters. The third kappa shape index (κ3) is 1.26. The summed E-state index contributed by atoms with van der Waals surface area (Å²) in [5.74, 6) is 6.81. The summed E-state index contributed by atoms with van der Waals surface area (Å²) in [5.41, 5.74) is 5.47. The van der Waals surface area contributed by atoms with Gasteiger partial charge in [0.25, 0.3) is 0 Å². The van der Waals surface area contributed by atoms with Crippen molar-refractivity contribution in [2.75, 3.05) is 6.54 Å². The van der Waals surface area contributed by atoms with Gasteiger partial charge in [-0.15, -0.1) is 0 Å². The number of hydrogen-bond acceptors (Lipinski definition) is 2. The van der Waals surface area contributed by atoms with Crippen LogP contribution in [0.4, 0.5) is 0 Å². The number of hydrogen-bond donors (Lipinski definition) is 3. The number of nitrogens with zero attached hydrogens (tertiary/aromatic N) is 1. The van der Waals surface area contributed by atoms with E-state index >= 15 is 0 Å². The van der Waals surface area contributed by atoms with Crippen molar-refractivity contribution >= 4 is 5.96 Å². The molecule has 4 heteroatoms. The highest BCUT2D eigenvalue weighted by Crippen LogP contribution is 2.85. The molecule has 4 nitrogen and oxygen atoms in total. The maximum absolute atomic E-state index is 11.4. The van der Waals surface area contributed by atoms with Crippen LogP contribution in [-0.2, 0) is 0 Å². The molecule has 4 N–H and O–H groups in total. The zero-order valence-electron chi connectivity index (χ0n) is 13.0. The average Bonchev–Trinajstić information content (AvgIpc) is 2.95. The highest BCUT2D eigenvalue weighted by Gasteiger charge is 2.84. The lowest BCUT2D eigenvalue weighted by Crippen LogP contribution is -2.56. The lowest BCUT2D eigenvalue weighted by molar-refractivity contribution is -0.123. The summed E-state index contributed by atoms with van der Waals surface area (Å²) in [6.45, 7) is 4.77. The Hall–Kier alpha value is -0.770. The van der Waals surface area contributed by atoms with E-state index in [9.17, 15) is 5.11 Å². The molecule has 5 rings (SSSR count). The van der Waals surface area contributed by atoms with Crippen LogP contribution in [0.3, 0.4) is 0 Å². The number of rotatable bonds is 4. The Balaban J connectivity index is 1.38. The molecule has 5 fully saturated rings. The Morgan fingerprint density at radius 1 is 1.24 bits per heavy atom. The number of aliphatic hydroxyl groups is 1. The standard InChI is InChI=1S/C17H27N3O/c1-3-7(2)20-16(18)19-6-17(21)14-9-5-10-12-8(9)4-11(14)13(12)15(10)17/h7-15,21H,3-6H2,1-2H3,(H3,18,19,20). The fourth-order valence-corrected chi connectivity index (χ4v) is 7.55. The number of aliphatic imine (C=N–C) groups is 1. The molecule has 0 aromatic carbocycles. The van der Waals surface area contributed by atoms with E-state index in [-0.39, 0.29) is 0 Å². The summed E-state index contributed by atoms with van der Waals surface area (Å²) < 4.78 is 0. The first kappa shape index (κ1) is 12.7. The second-order valence-electron chi connectivity index (χ2n) is 8.48. The van der Waals surface area contributed by atoms with Gasteiger partial charge in [-0.05, 0) is 73.5 Å². The van der Waals surface area contributed by atoms with Crippen LogP contribution >= 0.6 is 0 Å². The number of nitrogens with one attached hydrogen (secondary N) is 1. The lowest BCUT2D eigenvalue weighted by Gasteiger charge is -2.51.